The van der Waals surface area contributed by atoms with Crippen molar-refractivity contribution in [1.82, 2.24) is 5.01 Å². The highest BCUT2D eigenvalue weighted by molar-refractivity contribution is 5.75. The van der Waals surface area contributed by atoms with Crippen molar-refractivity contribution >= 4 is 5.91 Å². The maximum Gasteiger partial charge on any atom is 0.236 e. The van der Waals surface area contributed by atoms with Crippen LogP contribution in [-0.2, 0) is 4.79 Å². The second-order valence-electron chi connectivity index (χ2n) is 3.86. The Kier molecular flexibility index (Phi) is 6.00. The number of benzene rings is 1. The molecule has 1 amide bonds. The lowest BCUT2D eigenvalue weighted by Crippen LogP contribution is -2.33. The molecule has 0 aliphatic carbocycles. The Hall–Kier alpha value is -1.75. The van der Waals surface area contributed by atoms with Crippen molar-refractivity contribution in [2.24, 2.45) is 5.84 Å². The van der Waals surface area contributed by atoms with Crippen LogP contribution in [0.5, 0.6) is 11.5 Å². The molecule has 0 saturated heterocycles. The van der Waals surface area contributed by atoms with Gasteiger partial charge in [0.2, 0.25) is 5.91 Å². The largest absolute Gasteiger partial charge is 0.494 e. The summed E-state index contributed by atoms with van der Waals surface area (Å²) < 4.78 is 10.8. The van der Waals surface area contributed by atoms with Crippen LogP contribution in [0.2, 0.25) is 0 Å². The van der Waals surface area contributed by atoms with Crippen LogP contribution in [-0.4, -0.2) is 31.2 Å². The molecule has 0 radical (unpaired) electrons. The van der Waals surface area contributed by atoms with Crippen LogP contribution in [0.25, 0.3) is 0 Å². The fourth-order valence-corrected chi connectivity index (χ4v) is 1.39. The van der Waals surface area contributed by atoms with Crippen molar-refractivity contribution in [2.75, 3.05) is 20.3 Å². The van der Waals surface area contributed by atoms with Crippen LogP contribution < -0.4 is 15.3 Å². The fourth-order valence-electron chi connectivity index (χ4n) is 1.39. The van der Waals surface area contributed by atoms with Gasteiger partial charge in [-0.2, -0.15) is 0 Å². The third kappa shape index (κ3) is 5.05. The highest BCUT2D eigenvalue weighted by atomic mass is 16.5. The fraction of sp³-hybridized carbons (Fsp3) is 0.462. The van der Waals surface area contributed by atoms with E-state index in [0.717, 1.165) is 16.5 Å². The molecule has 0 unspecified atom stereocenters. The van der Waals surface area contributed by atoms with E-state index in [1.165, 1.54) is 7.05 Å². The maximum atomic E-state index is 11.2. The number of amides is 1. The Bertz CT molecular complexity index is 363. The Balaban J connectivity index is 2.25. The molecule has 5 nitrogen and oxygen atoms in total. The van der Waals surface area contributed by atoms with E-state index in [4.69, 9.17) is 15.3 Å². The molecule has 0 aliphatic heterocycles. The molecule has 1 aromatic carbocycles. The second-order valence-corrected chi connectivity index (χ2v) is 3.86. The predicted molar refractivity (Wildman–Crippen MR) is 69.3 cm³/mol. The van der Waals surface area contributed by atoms with Gasteiger partial charge in [-0.05, 0) is 37.6 Å². The summed E-state index contributed by atoms with van der Waals surface area (Å²) in [5.74, 6) is 6.81. The number of rotatable bonds is 7. The number of ether oxygens (including phenoxy) is 2. The molecule has 1 aromatic rings. The predicted octanol–water partition coefficient (Wildman–Crippen LogP) is 1.58. The van der Waals surface area contributed by atoms with Gasteiger partial charge >= 0.3 is 0 Å². The van der Waals surface area contributed by atoms with E-state index in [2.05, 4.69) is 0 Å². The lowest BCUT2D eigenvalue weighted by molar-refractivity contribution is -0.130. The zero-order valence-electron chi connectivity index (χ0n) is 10.9. The van der Waals surface area contributed by atoms with Gasteiger partial charge in [-0.3, -0.25) is 9.80 Å². The molecule has 0 aromatic heterocycles. The number of carbonyl (C=O) groups is 1. The molecule has 0 atom stereocenters. The summed E-state index contributed by atoms with van der Waals surface area (Å²) in [6, 6.07) is 7.42. The van der Waals surface area contributed by atoms with Crippen LogP contribution >= 0.6 is 0 Å². The molecular formula is C13H20N2O3. The third-order valence-electron chi connectivity index (χ3n) is 2.33. The second kappa shape index (κ2) is 7.55. The minimum absolute atomic E-state index is 0.0923. The molecule has 0 spiro atoms. The average molecular weight is 252 g/mol. The molecule has 2 N–H and O–H groups in total. The minimum atomic E-state index is -0.0923. The van der Waals surface area contributed by atoms with Crippen molar-refractivity contribution < 1.29 is 14.3 Å². The SMILES string of the molecule is CCOc1ccc(OCCCC(=O)N(C)N)cc1. The summed E-state index contributed by atoms with van der Waals surface area (Å²) in [5.41, 5.74) is 0. The molecule has 0 aliphatic rings. The van der Waals surface area contributed by atoms with Crippen molar-refractivity contribution in [2.45, 2.75) is 19.8 Å². The van der Waals surface area contributed by atoms with E-state index in [1.807, 2.05) is 31.2 Å². The minimum Gasteiger partial charge on any atom is -0.494 e. The highest BCUT2D eigenvalue weighted by Gasteiger charge is 2.03. The van der Waals surface area contributed by atoms with E-state index in [-0.39, 0.29) is 5.91 Å². The first-order chi connectivity index (χ1) is 8.63. The van der Waals surface area contributed by atoms with Crippen LogP contribution in [0, 0.1) is 0 Å². The van der Waals surface area contributed by atoms with E-state index in [0.29, 0.717) is 26.1 Å². The number of hydrogen-bond donors (Lipinski definition) is 1. The standard InChI is InChI=1S/C13H20N2O3/c1-3-17-11-6-8-12(9-7-11)18-10-4-5-13(16)15(2)14/h6-9H,3-5,10,14H2,1-2H3. The average Bonchev–Trinajstić information content (AvgIpc) is 2.36. The quantitative estimate of drug-likeness (QED) is 0.346. The van der Waals surface area contributed by atoms with E-state index >= 15 is 0 Å². The summed E-state index contributed by atoms with van der Waals surface area (Å²) >= 11 is 0. The summed E-state index contributed by atoms with van der Waals surface area (Å²) in [7, 11) is 1.54. The van der Waals surface area contributed by atoms with Crippen molar-refractivity contribution in [3.63, 3.8) is 0 Å². The smallest absolute Gasteiger partial charge is 0.236 e. The van der Waals surface area contributed by atoms with Crippen molar-refractivity contribution in [3.8, 4) is 11.5 Å². The first-order valence-corrected chi connectivity index (χ1v) is 6.00. The molecule has 0 fully saturated rings. The number of carbonyl (C=O) groups excluding carboxylic acids is 1. The van der Waals surface area contributed by atoms with Gasteiger partial charge in [0.15, 0.2) is 0 Å². The third-order valence-corrected chi connectivity index (χ3v) is 2.33. The zero-order chi connectivity index (χ0) is 13.4. The molecule has 1 rings (SSSR count). The van der Waals surface area contributed by atoms with Gasteiger partial charge in [-0.15, -0.1) is 0 Å². The van der Waals surface area contributed by atoms with E-state index in [1.54, 1.807) is 0 Å². The van der Waals surface area contributed by atoms with Gasteiger partial charge in [0, 0.05) is 13.5 Å². The van der Waals surface area contributed by atoms with Gasteiger partial charge in [-0.25, -0.2) is 5.84 Å². The first kappa shape index (κ1) is 14.3. The highest BCUT2D eigenvalue weighted by Crippen LogP contribution is 2.17. The van der Waals surface area contributed by atoms with E-state index < -0.39 is 0 Å². The molecule has 18 heavy (non-hydrogen) atoms. The number of nitrogens with two attached hydrogens (primary N) is 1. The van der Waals surface area contributed by atoms with Crippen LogP contribution in [0.4, 0.5) is 0 Å². The summed E-state index contributed by atoms with van der Waals surface area (Å²) in [6.45, 7) is 3.08. The van der Waals surface area contributed by atoms with Gasteiger partial charge < -0.3 is 9.47 Å². The van der Waals surface area contributed by atoms with Gasteiger partial charge in [0.05, 0.1) is 13.2 Å². The Morgan fingerprint density at radius 1 is 1.22 bits per heavy atom. The molecule has 0 saturated carbocycles. The monoisotopic (exact) mass is 252 g/mol. The molecule has 5 heteroatoms. The Morgan fingerprint density at radius 2 is 1.78 bits per heavy atom. The molecule has 0 heterocycles. The number of hydrazine groups is 1. The summed E-state index contributed by atoms with van der Waals surface area (Å²) in [4.78, 5) is 11.2. The normalized spacial score (nSPS) is 9.94. The van der Waals surface area contributed by atoms with Crippen LogP contribution in [0.1, 0.15) is 19.8 Å². The van der Waals surface area contributed by atoms with Crippen LogP contribution in [0.15, 0.2) is 24.3 Å². The van der Waals surface area contributed by atoms with Crippen LogP contribution in [0.3, 0.4) is 0 Å². The first-order valence-electron chi connectivity index (χ1n) is 6.00. The summed E-state index contributed by atoms with van der Waals surface area (Å²) in [6.07, 6.45) is 1.04. The topological polar surface area (TPSA) is 64.8 Å². The lowest BCUT2D eigenvalue weighted by atomic mass is 10.3. The Labute approximate surface area is 107 Å². The number of hydrogen-bond acceptors (Lipinski definition) is 4. The molecular weight excluding hydrogens is 232 g/mol. The molecule has 100 valence electrons. The summed E-state index contributed by atoms with van der Waals surface area (Å²) in [5, 5.41) is 1.09. The van der Waals surface area contributed by atoms with Crippen molar-refractivity contribution in [3.05, 3.63) is 24.3 Å². The lowest BCUT2D eigenvalue weighted by Gasteiger charge is -2.10. The Morgan fingerprint density at radius 3 is 2.28 bits per heavy atom. The molecule has 0 bridgehead atoms. The van der Waals surface area contributed by atoms with Gasteiger partial charge in [0.25, 0.3) is 0 Å². The number of nitrogens with zero attached hydrogens (tertiary/aromatic N) is 1. The van der Waals surface area contributed by atoms with Crippen molar-refractivity contribution in [1.29, 1.82) is 0 Å². The zero-order valence-corrected chi connectivity index (χ0v) is 10.9. The maximum absolute atomic E-state index is 11.2. The van der Waals surface area contributed by atoms with Gasteiger partial charge in [0.1, 0.15) is 11.5 Å². The van der Waals surface area contributed by atoms with E-state index in [9.17, 15) is 4.79 Å². The van der Waals surface area contributed by atoms with Gasteiger partial charge in [-0.1, -0.05) is 0 Å².